The van der Waals surface area contributed by atoms with E-state index in [1.807, 2.05) is 13.8 Å². The van der Waals surface area contributed by atoms with Gasteiger partial charge in [-0.05, 0) is 32.0 Å². The van der Waals surface area contributed by atoms with Crippen LogP contribution in [0.2, 0.25) is 0 Å². The van der Waals surface area contributed by atoms with Gasteiger partial charge in [0.1, 0.15) is 11.3 Å². The molecular weight excluding hydrogens is 370 g/mol. The number of hydrogen-bond acceptors (Lipinski definition) is 7. The van der Waals surface area contributed by atoms with E-state index in [0.29, 0.717) is 26.7 Å². The summed E-state index contributed by atoms with van der Waals surface area (Å²) in [7, 11) is 1.41. The van der Waals surface area contributed by atoms with Gasteiger partial charge in [-0.25, -0.2) is 4.98 Å². The summed E-state index contributed by atoms with van der Waals surface area (Å²) in [6, 6.07) is 9.54. The number of hydrogen-bond donors (Lipinski definition) is 1. The number of non-ortho nitro benzene ring substituents is 1. The van der Waals surface area contributed by atoms with E-state index in [0.717, 1.165) is 11.3 Å². The van der Waals surface area contributed by atoms with Crippen molar-refractivity contribution in [1.29, 1.82) is 0 Å². The maximum atomic E-state index is 12.5. The van der Waals surface area contributed by atoms with Gasteiger partial charge in [0.05, 0.1) is 28.9 Å². The van der Waals surface area contributed by atoms with Crippen LogP contribution in [0.5, 0.6) is 11.5 Å². The Morgan fingerprint density at radius 2 is 2.07 bits per heavy atom. The van der Waals surface area contributed by atoms with Gasteiger partial charge in [-0.1, -0.05) is 17.4 Å². The molecule has 0 radical (unpaired) electrons. The minimum Gasteiger partial charge on any atom is -0.494 e. The van der Waals surface area contributed by atoms with E-state index in [-0.39, 0.29) is 23.4 Å². The molecule has 3 rings (SSSR count). The van der Waals surface area contributed by atoms with Crippen LogP contribution in [0, 0.1) is 10.1 Å². The van der Waals surface area contributed by atoms with Gasteiger partial charge in [-0.2, -0.15) is 0 Å². The molecule has 27 heavy (non-hydrogen) atoms. The third-order valence-corrected chi connectivity index (χ3v) is 4.48. The number of anilines is 1. The normalized spacial score (nSPS) is 10.8. The third-order valence-electron chi connectivity index (χ3n) is 3.56. The van der Waals surface area contributed by atoms with Crippen molar-refractivity contribution in [1.82, 2.24) is 4.98 Å². The molecular formula is C18H17N3O5S. The van der Waals surface area contributed by atoms with Crippen LogP contribution in [0.4, 0.5) is 10.8 Å². The number of fused-ring (bicyclic) bond motifs is 1. The van der Waals surface area contributed by atoms with E-state index in [2.05, 4.69) is 10.3 Å². The highest BCUT2D eigenvalue weighted by Crippen LogP contribution is 2.36. The minimum absolute atomic E-state index is 0.00386. The second-order valence-electron chi connectivity index (χ2n) is 5.92. The van der Waals surface area contributed by atoms with Crippen LogP contribution < -0.4 is 14.8 Å². The summed E-state index contributed by atoms with van der Waals surface area (Å²) in [5.41, 5.74) is 0.782. The van der Waals surface area contributed by atoms with Crippen molar-refractivity contribution in [3.8, 4) is 11.5 Å². The van der Waals surface area contributed by atoms with Gasteiger partial charge in [0.15, 0.2) is 10.9 Å². The lowest BCUT2D eigenvalue weighted by atomic mass is 10.2. The fraction of sp³-hybridized carbons (Fsp3) is 0.222. The first-order valence-corrected chi connectivity index (χ1v) is 8.90. The van der Waals surface area contributed by atoms with Crippen molar-refractivity contribution in [2.45, 2.75) is 20.0 Å². The van der Waals surface area contributed by atoms with Crippen LogP contribution in [-0.4, -0.2) is 29.0 Å². The van der Waals surface area contributed by atoms with Crippen molar-refractivity contribution in [3.63, 3.8) is 0 Å². The summed E-state index contributed by atoms with van der Waals surface area (Å²) in [5, 5.41) is 14.1. The van der Waals surface area contributed by atoms with Crippen molar-refractivity contribution in [2.75, 3.05) is 12.4 Å². The number of benzene rings is 2. The highest BCUT2D eigenvalue weighted by atomic mass is 32.1. The Kier molecular flexibility index (Phi) is 5.22. The van der Waals surface area contributed by atoms with Gasteiger partial charge in [-0.3, -0.25) is 20.2 Å². The maximum Gasteiger partial charge on any atom is 0.274 e. The first kappa shape index (κ1) is 18.6. The van der Waals surface area contributed by atoms with Crippen LogP contribution in [-0.2, 0) is 0 Å². The van der Waals surface area contributed by atoms with Gasteiger partial charge >= 0.3 is 0 Å². The van der Waals surface area contributed by atoms with Crippen LogP contribution in [0.1, 0.15) is 24.2 Å². The number of nitrogens with zero attached hydrogens (tertiary/aromatic N) is 2. The van der Waals surface area contributed by atoms with Crippen molar-refractivity contribution < 1.29 is 19.2 Å². The Morgan fingerprint density at radius 3 is 2.74 bits per heavy atom. The zero-order valence-electron chi connectivity index (χ0n) is 14.9. The zero-order chi connectivity index (χ0) is 19.6. The van der Waals surface area contributed by atoms with Gasteiger partial charge in [0, 0.05) is 11.6 Å². The molecule has 1 N–H and O–H groups in total. The maximum absolute atomic E-state index is 12.5. The molecule has 9 heteroatoms. The summed E-state index contributed by atoms with van der Waals surface area (Å²) in [5.74, 6) is 0.527. The minimum atomic E-state index is -0.500. The van der Waals surface area contributed by atoms with Gasteiger partial charge in [0.25, 0.3) is 11.6 Å². The number of methoxy groups -OCH3 is 1. The quantitative estimate of drug-likeness (QED) is 0.501. The van der Waals surface area contributed by atoms with Crippen molar-refractivity contribution in [2.24, 2.45) is 0 Å². The van der Waals surface area contributed by atoms with Gasteiger partial charge in [-0.15, -0.1) is 0 Å². The molecule has 3 aromatic rings. The number of amides is 1. The average molecular weight is 387 g/mol. The first-order valence-electron chi connectivity index (χ1n) is 8.08. The lowest BCUT2D eigenvalue weighted by molar-refractivity contribution is -0.384. The van der Waals surface area contributed by atoms with Gasteiger partial charge < -0.3 is 9.47 Å². The van der Waals surface area contributed by atoms with E-state index in [4.69, 9.17) is 9.47 Å². The highest BCUT2D eigenvalue weighted by molar-refractivity contribution is 7.22. The van der Waals surface area contributed by atoms with Crippen LogP contribution >= 0.6 is 11.3 Å². The molecule has 0 bridgehead atoms. The number of nitro benzene ring substituents is 1. The van der Waals surface area contributed by atoms with Crippen LogP contribution in [0.3, 0.4) is 0 Å². The number of thiazole rings is 1. The largest absolute Gasteiger partial charge is 0.494 e. The Morgan fingerprint density at radius 1 is 1.30 bits per heavy atom. The summed E-state index contributed by atoms with van der Waals surface area (Å²) in [6.45, 7) is 3.81. The molecule has 1 heterocycles. The molecule has 1 amide bonds. The molecule has 0 saturated carbocycles. The standard InChI is InChI=1S/C18H17N3O5S/c1-10(2)26-13-6-4-5-11(7-13)17(22)20-18-19-16-14(25-3)8-12(21(23)24)9-15(16)27-18/h4-10H,1-3H3,(H,19,20,22). The van der Waals surface area contributed by atoms with E-state index in [1.54, 1.807) is 24.3 Å². The molecule has 0 fully saturated rings. The number of carbonyl (C=O) groups excluding carboxylic acids is 1. The predicted molar refractivity (Wildman–Crippen MR) is 103 cm³/mol. The second-order valence-corrected chi connectivity index (χ2v) is 6.95. The second kappa shape index (κ2) is 7.58. The summed E-state index contributed by atoms with van der Waals surface area (Å²) >= 11 is 1.14. The molecule has 1 aromatic heterocycles. The van der Waals surface area contributed by atoms with Crippen molar-refractivity contribution in [3.05, 3.63) is 52.1 Å². The van der Waals surface area contributed by atoms with E-state index >= 15 is 0 Å². The Hall–Kier alpha value is -3.20. The molecule has 0 aliphatic carbocycles. The monoisotopic (exact) mass is 387 g/mol. The van der Waals surface area contributed by atoms with Crippen LogP contribution in [0.25, 0.3) is 10.2 Å². The van der Waals surface area contributed by atoms with E-state index < -0.39 is 4.92 Å². The Bertz CT molecular complexity index is 1020. The highest BCUT2D eigenvalue weighted by Gasteiger charge is 2.18. The molecule has 0 aliphatic heterocycles. The van der Waals surface area contributed by atoms with E-state index in [1.165, 1.54) is 19.2 Å². The van der Waals surface area contributed by atoms with Gasteiger partial charge in [0.2, 0.25) is 0 Å². The smallest absolute Gasteiger partial charge is 0.274 e. The Balaban J connectivity index is 1.88. The summed E-state index contributed by atoms with van der Waals surface area (Å²) in [4.78, 5) is 27.4. The molecule has 0 aliphatic rings. The molecule has 0 spiro atoms. The number of ether oxygens (including phenoxy) is 2. The molecule has 8 nitrogen and oxygen atoms in total. The summed E-state index contributed by atoms with van der Waals surface area (Å²) in [6.07, 6.45) is -0.00386. The molecule has 0 atom stereocenters. The number of carbonyl (C=O) groups is 1. The third kappa shape index (κ3) is 4.14. The number of rotatable bonds is 6. The molecule has 2 aromatic carbocycles. The fourth-order valence-corrected chi connectivity index (χ4v) is 3.36. The zero-order valence-corrected chi connectivity index (χ0v) is 15.7. The lowest BCUT2D eigenvalue weighted by Crippen LogP contribution is -2.12. The number of aromatic nitrogens is 1. The number of nitrogens with one attached hydrogen (secondary N) is 1. The topological polar surface area (TPSA) is 104 Å². The first-order chi connectivity index (χ1) is 12.9. The predicted octanol–water partition coefficient (Wildman–Crippen LogP) is 4.25. The Labute approximate surface area is 158 Å². The van der Waals surface area contributed by atoms with E-state index in [9.17, 15) is 14.9 Å². The average Bonchev–Trinajstić information content (AvgIpc) is 3.02. The SMILES string of the molecule is COc1cc([N+](=O)[O-])cc2sc(NC(=O)c3cccc(OC(C)C)c3)nc12. The van der Waals surface area contributed by atoms with Crippen LogP contribution in [0.15, 0.2) is 36.4 Å². The number of nitro groups is 1. The summed E-state index contributed by atoms with van der Waals surface area (Å²) < 4.78 is 11.3. The molecule has 140 valence electrons. The fourth-order valence-electron chi connectivity index (χ4n) is 2.45. The lowest BCUT2D eigenvalue weighted by Gasteiger charge is -2.10. The van der Waals surface area contributed by atoms with Crippen molar-refractivity contribution >= 4 is 38.3 Å². The molecule has 0 saturated heterocycles. The molecule has 0 unspecified atom stereocenters.